The van der Waals surface area contributed by atoms with E-state index in [1.54, 1.807) is 21.3 Å². The Morgan fingerprint density at radius 2 is 1.71 bits per heavy atom. The Morgan fingerprint density at radius 3 is 2.29 bits per heavy atom. The summed E-state index contributed by atoms with van der Waals surface area (Å²) >= 11 is 0. The molecular formula is C11H14O3. The van der Waals surface area contributed by atoms with Gasteiger partial charge in [0.1, 0.15) is 18.0 Å². The summed E-state index contributed by atoms with van der Waals surface area (Å²) in [7, 11) is 5.05. The van der Waals surface area contributed by atoms with Gasteiger partial charge in [-0.05, 0) is 11.6 Å². The molecule has 1 aliphatic carbocycles. The monoisotopic (exact) mass is 194 g/mol. The van der Waals surface area contributed by atoms with E-state index in [0.29, 0.717) is 0 Å². The Labute approximate surface area is 83.6 Å². The predicted octanol–water partition coefficient (Wildman–Crippen LogP) is 2.08. The maximum atomic E-state index is 5.35. The van der Waals surface area contributed by atoms with Crippen molar-refractivity contribution >= 4 is 0 Å². The van der Waals surface area contributed by atoms with E-state index >= 15 is 0 Å². The van der Waals surface area contributed by atoms with Gasteiger partial charge in [0, 0.05) is 19.8 Å². The second-order valence-corrected chi connectivity index (χ2v) is 3.28. The van der Waals surface area contributed by atoms with Gasteiger partial charge in [0.25, 0.3) is 0 Å². The van der Waals surface area contributed by atoms with E-state index in [0.717, 1.165) is 11.3 Å². The van der Waals surface area contributed by atoms with E-state index in [1.807, 2.05) is 18.2 Å². The second kappa shape index (κ2) is 3.59. The molecule has 0 aliphatic heterocycles. The first kappa shape index (κ1) is 9.49. The van der Waals surface area contributed by atoms with Crippen LogP contribution in [-0.4, -0.2) is 21.3 Å². The van der Waals surface area contributed by atoms with Crippen LogP contribution < -0.4 is 4.74 Å². The molecule has 0 bridgehead atoms. The fourth-order valence-corrected chi connectivity index (χ4v) is 2.00. The molecule has 0 N–H and O–H groups in total. The SMILES string of the molecule is COc1cccc2c1[C@@H](OC)[C@@H]2OC. The molecular weight excluding hydrogens is 180 g/mol. The smallest absolute Gasteiger partial charge is 0.125 e. The van der Waals surface area contributed by atoms with Gasteiger partial charge in [0.05, 0.1) is 7.11 Å². The molecule has 0 aromatic heterocycles. The Morgan fingerprint density at radius 1 is 1.00 bits per heavy atom. The minimum atomic E-state index is 0.00569. The van der Waals surface area contributed by atoms with Crippen molar-refractivity contribution in [2.45, 2.75) is 12.2 Å². The molecule has 1 aromatic carbocycles. The van der Waals surface area contributed by atoms with Crippen LogP contribution in [0.15, 0.2) is 18.2 Å². The molecule has 0 heterocycles. The van der Waals surface area contributed by atoms with Gasteiger partial charge >= 0.3 is 0 Å². The normalized spacial score (nSPS) is 23.9. The number of methoxy groups -OCH3 is 3. The van der Waals surface area contributed by atoms with Gasteiger partial charge < -0.3 is 14.2 Å². The molecule has 3 heteroatoms. The molecule has 0 fully saturated rings. The van der Waals surface area contributed by atoms with Crippen molar-refractivity contribution in [2.24, 2.45) is 0 Å². The molecule has 1 aromatic rings. The first-order valence-electron chi connectivity index (χ1n) is 4.55. The van der Waals surface area contributed by atoms with Crippen LogP contribution in [0.1, 0.15) is 23.3 Å². The van der Waals surface area contributed by atoms with Crippen LogP contribution in [0.25, 0.3) is 0 Å². The maximum Gasteiger partial charge on any atom is 0.125 e. The fraction of sp³-hybridized carbons (Fsp3) is 0.455. The van der Waals surface area contributed by atoms with E-state index in [1.165, 1.54) is 5.56 Å². The zero-order valence-electron chi connectivity index (χ0n) is 8.61. The van der Waals surface area contributed by atoms with Crippen molar-refractivity contribution in [2.75, 3.05) is 21.3 Å². The molecule has 14 heavy (non-hydrogen) atoms. The summed E-state index contributed by atoms with van der Waals surface area (Å²) in [6, 6.07) is 5.95. The van der Waals surface area contributed by atoms with E-state index in [2.05, 4.69) is 0 Å². The molecule has 0 radical (unpaired) electrons. The molecule has 0 unspecified atom stereocenters. The van der Waals surface area contributed by atoms with Crippen molar-refractivity contribution in [3.63, 3.8) is 0 Å². The molecule has 1 aliphatic rings. The van der Waals surface area contributed by atoms with Gasteiger partial charge in [-0.2, -0.15) is 0 Å². The van der Waals surface area contributed by atoms with Gasteiger partial charge in [-0.3, -0.25) is 0 Å². The molecule has 2 atom stereocenters. The third kappa shape index (κ3) is 1.13. The van der Waals surface area contributed by atoms with Crippen LogP contribution in [-0.2, 0) is 9.47 Å². The van der Waals surface area contributed by atoms with Crippen molar-refractivity contribution in [3.8, 4) is 5.75 Å². The Bertz CT molecular complexity index is 335. The summed E-state index contributed by atoms with van der Waals surface area (Å²) in [5, 5.41) is 0. The number of hydrogen-bond donors (Lipinski definition) is 0. The fourth-order valence-electron chi connectivity index (χ4n) is 2.00. The Kier molecular flexibility index (Phi) is 2.44. The second-order valence-electron chi connectivity index (χ2n) is 3.28. The van der Waals surface area contributed by atoms with Gasteiger partial charge in [0.2, 0.25) is 0 Å². The van der Waals surface area contributed by atoms with Crippen LogP contribution in [0.5, 0.6) is 5.75 Å². The lowest BCUT2D eigenvalue weighted by Gasteiger charge is -2.38. The minimum absolute atomic E-state index is 0.00569. The lowest BCUT2D eigenvalue weighted by atomic mass is 9.81. The van der Waals surface area contributed by atoms with E-state index in [4.69, 9.17) is 14.2 Å². The molecule has 3 nitrogen and oxygen atoms in total. The highest BCUT2D eigenvalue weighted by Crippen LogP contribution is 2.51. The number of rotatable bonds is 3. The lowest BCUT2D eigenvalue weighted by Crippen LogP contribution is -2.27. The largest absolute Gasteiger partial charge is 0.496 e. The average molecular weight is 194 g/mol. The Hall–Kier alpha value is -1.06. The maximum absolute atomic E-state index is 5.35. The van der Waals surface area contributed by atoms with Crippen molar-refractivity contribution in [3.05, 3.63) is 29.3 Å². The van der Waals surface area contributed by atoms with Gasteiger partial charge in [-0.1, -0.05) is 12.1 Å². The first-order valence-corrected chi connectivity index (χ1v) is 4.55. The van der Waals surface area contributed by atoms with Crippen LogP contribution in [0, 0.1) is 0 Å². The predicted molar refractivity (Wildman–Crippen MR) is 52.5 cm³/mol. The zero-order valence-corrected chi connectivity index (χ0v) is 8.61. The third-order valence-electron chi connectivity index (χ3n) is 2.69. The van der Waals surface area contributed by atoms with E-state index in [9.17, 15) is 0 Å². The van der Waals surface area contributed by atoms with Gasteiger partial charge in [-0.15, -0.1) is 0 Å². The minimum Gasteiger partial charge on any atom is -0.496 e. The topological polar surface area (TPSA) is 27.7 Å². The molecule has 0 saturated heterocycles. The molecule has 2 rings (SSSR count). The van der Waals surface area contributed by atoms with Crippen LogP contribution >= 0.6 is 0 Å². The number of hydrogen-bond acceptors (Lipinski definition) is 3. The highest BCUT2D eigenvalue weighted by Gasteiger charge is 2.40. The average Bonchev–Trinajstić information content (AvgIpc) is 2.20. The van der Waals surface area contributed by atoms with Crippen LogP contribution in [0.3, 0.4) is 0 Å². The van der Waals surface area contributed by atoms with Crippen LogP contribution in [0.4, 0.5) is 0 Å². The molecule has 0 saturated carbocycles. The molecule has 76 valence electrons. The summed E-state index contributed by atoms with van der Waals surface area (Å²) in [5.41, 5.74) is 2.28. The number of benzene rings is 1. The molecule has 0 amide bonds. The molecule has 0 spiro atoms. The number of fused-ring (bicyclic) bond motifs is 1. The highest BCUT2D eigenvalue weighted by molar-refractivity contribution is 5.50. The van der Waals surface area contributed by atoms with Crippen molar-refractivity contribution < 1.29 is 14.2 Å². The Balaban J connectivity index is 2.42. The van der Waals surface area contributed by atoms with Crippen molar-refractivity contribution in [1.29, 1.82) is 0 Å². The van der Waals surface area contributed by atoms with E-state index < -0.39 is 0 Å². The summed E-state index contributed by atoms with van der Waals surface area (Å²) in [6.45, 7) is 0. The number of ether oxygens (including phenoxy) is 3. The first-order chi connectivity index (χ1) is 6.83. The lowest BCUT2D eigenvalue weighted by molar-refractivity contribution is -0.0666. The van der Waals surface area contributed by atoms with E-state index in [-0.39, 0.29) is 12.2 Å². The van der Waals surface area contributed by atoms with Crippen LogP contribution in [0.2, 0.25) is 0 Å². The summed E-state index contributed by atoms with van der Waals surface area (Å²) in [5.74, 6) is 0.877. The summed E-state index contributed by atoms with van der Waals surface area (Å²) in [4.78, 5) is 0. The van der Waals surface area contributed by atoms with Gasteiger partial charge in [0.15, 0.2) is 0 Å². The quantitative estimate of drug-likeness (QED) is 0.737. The standard InChI is InChI=1S/C11H14O3/c1-12-8-6-4-5-7-9(8)11(14-3)10(7)13-2/h4-6,10-11H,1-3H3/t10-,11-/m1/s1. The van der Waals surface area contributed by atoms with Crippen molar-refractivity contribution in [1.82, 2.24) is 0 Å². The third-order valence-corrected chi connectivity index (χ3v) is 2.69. The zero-order chi connectivity index (χ0) is 10.1. The van der Waals surface area contributed by atoms with Gasteiger partial charge in [-0.25, -0.2) is 0 Å². The summed E-state index contributed by atoms with van der Waals surface area (Å²) < 4.78 is 16.0. The summed E-state index contributed by atoms with van der Waals surface area (Å²) in [6.07, 6.45) is 0.0521. The highest BCUT2D eigenvalue weighted by atomic mass is 16.5.